The number of aromatic nitrogens is 1. The summed E-state index contributed by atoms with van der Waals surface area (Å²) in [5.74, 6) is -0.673. The van der Waals surface area contributed by atoms with E-state index in [4.69, 9.17) is 15.6 Å². The maximum absolute atomic E-state index is 10.8. The maximum atomic E-state index is 10.8. The summed E-state index contributed by atoms with van der Waals surface area (Å²) in [6, 6.07) is 2.92. The van der Waals surface area contributed by atoms with Crippen LogP contribution in [0, 0.1) is 0 Å². The third-order valence-corrected chi connectivity index (χ3v) is 3.08. The summed E-state index contributed by atoms with van der Waals surface area (Å²) in [5, 5.41) is 11.9. The Kier molecular flexibility index (Phi) is 3.38. The minimum absolute atomic E-state index is 0.0239. The number of pyridine rings is 1. The fourth-order valence-electron chi connectivity index (χ4n) is 1.98. The van der Waals surface area contributed by atoms with Crippen molar-refractivity contribution in [3.63, 3.8) is 0 Å². The summed E-state index contributed by atoms with van der Waals surface area (Å²) < 4.78 is 5.63. The van der Waals surface area contributed by atoms with Crippen LogP contribution in [0.1, 0.15) is 30.3 Å². The number of rotatable bonds is 4. The topological polar surface area (TPSA) is 97.5 Å². The number of nitrogens with zero attached hydrogens (tertiary/aromatic N) is 1. The number of carboxylic acids is 1. The van der Waals surface area contributed by atoms with Gasteiger partial charge in [0.2, 0.25) is 0 Å². The highest BCUT2D eigenvalue weighted by Crippen LogP contribution is 2.26. The van der Waals surface area contributed by atoms with Crippen LogP contribution in [0.2, 0.25) is 0 Å². The van der Waals surface area contributed by atoms with Crippen LogP contribution < -0.4 is 11.1 Å². The molecule has 1 aliphatic rings. The summed E-state index contributed by atoms with van der Waals surface area (Å²) in [4.78, 5) is 14.8. The van der Waals surface area contributed by atoms with E-state index in [1.807, 2.05) is 6.92 Å². The highest BCUT2D eigenvalue weighted by atomic mass is 16.5. The molecule has 0 saturated carbocycles. The standard InChI is InChI=1S/C12H17N3O3/c1-12(5-2-6-18-12)7-14-10-8(13)3-4-9(15-10)11(16)17/h3-4H,2,5-7,13H2,1H3,(H,14,15)(H,16,17). The van der Waals surface area contributed by atoms with Gasteiger partial charge in [-0.1, -0.05) is 0 Å². The number of nitrogens with one attached hydrogen (secondary N) is 1. The van der Waals surface area contributed by atoms with Crippen LogP contribution >= 0.6 is 0 Å². The minimum atomic E-state index is -1.07. The molecule has 0 amide bonds. The molecule has 1 aromatic rings. The van der Waals surface area contributed by atoms with Gasteiger partial charge in [0.1, 0.15) is 5.82 Å². The Morgan fingerprint density at radius 1 is 1.67 bits per heavy atom. The first-order valence-corrected chi connectivity index (χ1v) is 5.88. The molecule has 4 N–H and O–H groups in total. The van der Waals surface area contributed by atoms with E-state index in [1.165, 1.54) is 12.1 Å². The van der Waals surface area contributed by atoms with Gasteiger partial charge in [-0.25, -0.2) is 9.78 Å². The Bertz CT molecular complexity index is 456. The number of carboxylic acid groups (broad SMARTS) is 1. The van der Waals surface area contributed by atoms with Crippen molar-refractivity contribution in [3.05, 3.63) is 17.8 Å². The summed E-state index contributed by atoms with van der Waals surface area (Å²) in [7, 11) is 0. The number of hydrogen-bond donors (Lipinski definition) is 3. The molecular weight excluding hydrogens is 234 g/mol. The predicted octanol–water partition coefficient (Wildman–Crippen LogP) is 1.34. The van der Waals surface area contributed by atoms with Gasteiger partial charge in [0.05, 0.1) is 11.3 Å². The van der Waals surface area contributed by atoms with Gasteiger partial charge in [0.15, 0.2) is 5.69 Å². The number of nitrogens with two attached hydrogens (primary N) is 1. The highest BCUT2D eigenvalue weighted by Gasteiger charge is 2.29. The van der Waals surface area contributed by atoms with Crippen LogP contribution in [-0.4, -0.2) is 34.8 Å². The van der Waals surface area contributed by atoms with E-state index < -0.39 is 5.97 Å². The van der Waals surface area contributed by atoms with Crippen LogP contribution in [-0.2, 0) is 4.74 Å². The molecule has 1 fully saturated rings. The van der Waals surface area contributed by atoms with E-state index in [0.717, 1.165) is 19.4 Å². The molecule has 1 unspecified atom stereocenters. The molecule has 6 heteroatoms. The summed E-state index contributed by atoms with van der Waals surface area (Å²) in [6.07, 6.45) is 2.01. The van der Waals surface area contributed by atoms with Gasteiger partial charge in [0, 0.05) is 13.2 Å². The van der Waals surface area contributed by atoms with Gasteiger partial charge in [-0.2, -0.15) is 0 Å². The molecule has 0 spiro atoms. The Balaban J connectivity index is 2.08. The van der Waals surface area contributed by atoms with Crippen molar-refractivity contribution >= 4 is 17.5 Å². The van der Waals surface area contributed by atoms with Crippen molar-refractivity contribution in [2.75, 3.05) is 24.2 Å². The zero-order valence-corrected chi connectivity index (χ0v) is 10.3. The number of ether oxygens (including phenoxy) is 1. The largest absolute Gasteiger partial charge is 0.477 e. The average Bonchev–Trinajstić information content (AvgIpc) is 2.75. The molecule has 0 aromatic carbocycles. The first-order valence-electron chi connectivity index (χ1n) is 5.88. The normalized spacial score (nSPS) is 22.9. The smallest absolute Gasteiger partial charge is 0.354 e. The Hall–Kier alpha value is -1.82. The van der Waals surface area contributed by atoms with E-state index in [1.54, 1.807) is 0 Å². The molecule has 1 aromatic heterocycles. The van der Waals surface area contributed by atoms with Crippen molar-refractivity contribution in [2.45, 2.75) is 25.4 Å². The van der Waals surface area contributed by atoms with Crippen LogP contribution in [0.5, 0.6) is 0 Å². The van der Waals surface area contributed by atoms with Crippen molar-refractivity contribution < 1.29 is 14.6 Å². The number of hydrogen-bond acceptors (Lipinski definition) is 5. The monoisotopic (exact) mass is 251 g/mol. The molecule has 1 saturated heterocycles. The zero-order chi connectivity index (χ0) is 13.2. The van der Waals surface area contributed by atoms with Crippen LogP contribution in [0.4, 0.5) is 11.5 Å². The molecule has 0 aliphatic carbocycles. The summed E-state index contributed by atoms with van der Waals surface area (Å²) in [5.41, 5.74) is 5.94. The molecule has 6 nitrogen and oxygen atoms in total. The van der Waals surface area contributed by atoms with Crippen molar-refractivity contribution in [1.82, 2.24) is 4.98 Å². The van der Waals surface area contributed by atoms with Crippen LogP contribution in [0.25, 0.3) is 0 Å². The lowest BCUT2D eigenvalue weighted by molar-refractivity contribution is 0.0315. The lowest BCUT2D eigenvalue weighted by atomic mass is 10.0. The molecule has 2 heterocycles. The molecule has 18 heavy (non-hydrogen) atoms. The first-order chi connectivity index (χ1) is 8.50. The van der Waals surface area contributed by atoms with Gasteiger partial charge in [0.25, 0.3) is 0 Å². The molecule has 98 valence electrons. The Morgan fingerprint density at radius 2 is 2.44 bits per heavy atom. The minimum Gasteiger partial charge on any atom is -0.477 e. The number of aromatic carboxylic acids is 1. The van der Waals surface area contributed by atoms with Gasteiger partial charge in [-0.3, -0.25) is 0 Å². The van der Waals surface area contributed by atoms with Gasteiger partial charge < -0.3 is 20.9 Å². The second kappa shape index (κ2) is 4.81. The number of nitrogen functional groups attached to an aromatic ring is 1. The molecule has 0 radical (unpaired) electrons. The second-order valence-electron chi connectivity index (χ2n) is 4.69. The summed E-state index contributed by atoms with van der Waals surface area (Å²) in [6.45, 7) is 3.34. The molecule has 1 aliphatic heterocycles. The van der Waals surface area contributed by atoms with Gasteiger partial charge >= 0.3 is 5.97 Å². The lowest BCUT2D eigenvalue weighted by Gasteiger charge is -2.24. The average molecular weight is 251 g/mol. The van der Waals surface area contributed by atoms with Crippen LogP contribution in [0.15, 0.2) is 12.1 Å². The van der Waals surface area contributed by atoms with Gasteiger partial charge in [-0.05, 0) is 31.9 Å². The third-order valence-electron chi connectivity index (χ3n) is 3.08. The zero-order valence-electron chi connectivity index (χ0n) is 10.3. The van der Waals surface area contributed by atoms with E-state index >= 15 is 0 Å². The first kappa shape index (κ1) is 12.6. The number of anilines is 2. The Morgan fingerprint density at radius 3 is 3.06 bits per heavy atom. The van der Waals surface area contributed by atoms with E-state index in [9.17, 15) is 4.79 Å². The second-order valence-corrected chi connectivity index (χ2v) is 4.69. The van der Waals surface area contributed by atoms with Crippen molar-refractivity contribution in [2.24, 2.45) is 0 Å². The van der Waals surface area contributed by atoms with Gasteiger partial charge in [-0.15, -0.1) is 0 Å². The fourth-order valence-corrected chi connectivity index (χ4v) is 1.98. The summed E-state index contributed by atoms with van der Waals surface area (Å²) >= 11 is 0. The van der Waals surface area contributed by atoms with E-state index in [2.05, 4.69) is 10.3 Å². The highest BCUT2D eigenvalue weighted by molar-refractivity contribution is 5.86. The molecule has 0 bridgehead atoms. The van der Waals surface area contributed by atoms with Crippen molar-refractivity contribution in [3.8, 4) is 0 Å². The Labute approximate surface area is 105 Å². The predicted molar refractivity (Wildman–Crippen MR) is 67.7 cm³/mol. The van der Waals surface area contributed by atoms with E-state index in [0.29, 0.717) is 18.1 Å². The SMILES string of the molecule is CC1(CNc2nc(C(=O)O)ccc2N)CCCO1. The molecular formula is C12H17N3O3. The van der Waals surface area contributed by atoms with Crippen LogP contribution in [0.3, 0.4) is 0 Å². The van der Waals surface area contributed by atoms with E-state index in [-0.39, 0.29) is 11.3 Å². The number of carbonyl (C=O) groups is 1. The quantitative estimate of drug-likeness (QED) is 0.747. The molecule has 2 rings (SSSR count). The lowest BCUT2D eigenvalue weighted by Crippen LogP contribution is -2.33. The fraction of sp³-hybridized carbons (Fsp3) is 0.500. The van der Waals surface area contributed by atoms with Crippen molar-refractivity contribution in [1.29, 1.82) is 0 Å². The third kappa shape index (κ3) is 2.70. The molecule has 1 atom stereocenters. The maximum Gasteiger partial charge on any atom is 0.354 e.